The third-order valence-corrected chi connectivity index (χ3v) is 5.33. The molecule has 4 aromatic rings. The summed E-state index contributed by atoms with van der Waals surface area (Å²) < 4.78 is 1.09. The van der Waals surface area contributed by atoms with Gasteiger partial charge < -0.3 is 10.3 Å². The van der Waals surface area contributed by atoms with Crippen LogP contribution in [-0.2, 0) is 11.2 Å². The lowest BCUT2D eigenvalue weighted by atomic mass is 10.1. The molecule has 0 spiro atoms. The zero-order valence-electron chi connectivity index (χ0n) is 14.4. The van der Waals surface area contributed by atoms with Crippen LogP contribution >= 0.6 is 11.3 Å². The minimum atomic E-state index is -0.00825. The number of nitrogens with zero attached hydrogens (tertiary/aromatic N) is 1. The first-order chi connectivity index (χ1) is 12.0. The van der Waals surface area contributed by atoms with E-state index in [9.17, 15) is 4.79 Å². The SMILES string of the molecule is Cc1ccc2[nH]c(C)c(CC(=O)Nc3ccc4nc(C)sc4c3)c2c1. The molecule has 2 N–H and O–H groups in total. The van der Waals surface area contributed by atoms with Gasteiger partial charge in [0, 0.05) is 22.3 Å². The molecule has 0 saturated heterocycles. The van der Waals surface area contributed by atoms with Gasteiger partial charge in [0.2, 0.25) is 5.91 Å². The number of benzene rings is 2. The fourth-order valence-corrected chi connectivity index (χ4v) is 4.07. The van der Waals surface area contributed by atoms with Gasteiger partial charge in [0.05, 0.1) is 21.6 Å². The Labute approximate surface area is 149 Å². The van der Waals surface area contributed by atoms with E-state index in [1.807, 2.05) is 32.0 Å². The zero-order chi connectivity index (χ0) is 17.6. The first-order valence-electron chi connectivity index (χ1n) is 8.24. The lowest BCUT2D eigenvalue weighted by Crippen LogP contribution is -2.14. The maximum absolute atomic E-state index is 12.6. The molecule has 0 unspecified atom stereocenters. The Hall–Kier alpha value is -2.66. The normalized spacial score (nSPS) is 11.3. The molecule has 126 valence electrons. The molecule has 4 nitrogen and oxygen atoms in total. The molecule has 0 aliphatic rings. The summed E-state index contributed by atoms with van der Waals surface area (Å²) in [5, 5.41) is 5.17. The molecule has 0 bridgehead atoms. The summed E-state index contributed by atoms with van der Waals surface area (Å²) in [5.41, 5.74) is 6.17. The summed E-state index contributed by atoms with van der Waals surface area (Å²) in [7, 11) is 0. The van der Waals surface area contributed by atoms with Crippen LogP contribution in [0.2, 0.25) is 0 Å². The van der Waals surface area contributed by atoms with Gasteiger partial charge in [-0.1, -0.05) is 11.6 Å². The fraction of sp³-hybridized carbons (Fsp3) is 0.200. The van der Waals surface area contributed by atoms with Gasteiger partial charge >= 0.3 is 0 Å². The van der Waals surface area contributed by atoms with Crippen molar-refractivity contribution in [3.05, 3.63) is 58.2 Å². The van der Waals surface area contributed by atoms with Crippen LogP contribution in [-0.4, -0.2) is 15.9 Å². The Morgan fingerprint density at radius 2 is 2.00 bits per heavy atom. The molecule has 0 radical (unpaired) electrons. The second-order valence-electron chi connectivity index (χ2n) is 6.42. The van der Waals surface area contributed by atoms with E-state index in [2.05, 4.69) is 40.4 Å². The molecule has 2 aromatic heterocycles. The van der Waals surface area contributed by atoms with Crippen LogP contribution < -0.4 is 5.32 Å². The van der Waals surface area contributed by atoms with Crippen molar-refractivity contribution in [3.63, 3.8) is 0 Å². The number of H-pyrrole nitrogens is 1. The van der Waals surface area contributed by atoms with Crippen molar-refractivity contribution in [1.29, 1.82) is 0 Å². The molecule has 25 heavy (non-hydrogen) atoms. The van der Waals surface area contributed by atoms with Crippen LogP contribution in [0.1, 0.15) is 21.8 Å². The van der Waals surface area contributed by atoms with E-state index in [0.717, 1.165) is 43.1 Å². The third-order valence-electron chi connectivity index (χ3n) is 4.39. The smallest absolute Gasteiger partial charge is 0.228 e. The number of hydrogen-bond donors (Lipinski definition) is 2. The van der Waals surface area contributed by atoms with Crippen molar-refractivity contribution in [2.45, 2.75) is 27.2 Å². The Morgan fingerprint density at radius 1 is 1.16 bits per heavy atom. The van der Waals surface area contributed by atoms with Gasteiger partial charge in [-0.3, -0.25) is 4.79 Å². The highest BCUT2D eigenvalue weighted by Crippen LogP contribution is 2.26. The van der Waals surface area contributed by atoms with E-state index in [-0.39, 0.29) is 5.91 Å². The van der Waals surface area contributed by atoms with Gasteiger partial charge in [0.1, 0.15) is 0 Å². The minimum absolute atomic E-state index is 0.00825. The minimum Gasteiger partial charge on any atom is -0.358 e. The summed E-state index contributed by atoms with van der Waals surface area (Å²) in [5.74, 6) is -0.00825. The summed E-state index contributed by atoms with van der Waals surface area (Å²) >= 11 is 1.64. The van der Waals surface area contributed by atoms with Crippen LogP contribution in [0.25, 0.3) is 21.1 Å². The number of carbonyl (C=O) groups excluding carboxylic acids is 1. The standard InChI is InChI=1S/C20H19N3OS/c1-11-4-6-17-16(8-11)15(12(2)21-17)10-20(24)23-14-5-7-18-19(9-14)25-13(3)22-18/h4-9,21H,10H2,1-3H3,(H,23,24). The second-order valence-corrected chi connectivity index (χ2v) is 7.65. The largest absolute Gasteiger partial charge is 0.358 e. The van der Waals surface area contributed by atoms with Crippen LogP contribution in [0.15, 0.2) is 36.4 Å². The lowest BCUT2D eigenvalue weighted by molar-refractivity contribution is -0.115. The average molecular weight is 349 g/mol. The summed E-state index contributed by atoms with van der Waals surface area (Å²) in [6.45, 7) is 6.08. The Morgan fingerprint density at radius 3 is 2.84 bits per heavy atom. The Bertz CT molecular complexity index is 1110. The monoisotopic (exact) mass is 349 g/mol. The Balaban J connectivity index is 1.59. The number of aryl methyl sites for hydroxylation is 3. The third kappa shape index (κ3) is 3.03. The molecule has 0 fully saturated rings. The first-order valence-corrected chi connectivity index (χ1v) is 9.06. The van der Waals surface area contributed by atoms with E-state index >= 15 is 0 Å². The predicted octanol–water partition coefficient (Wildman–Crippen LogP) is 4.88. The van der Waals surface area contributed by atoms with Crippen molar-refractivity contribution < 1.29 is 4.79 Å². The lowest BCUT2D eigenvalue weighted by Gasteiger charge is -2.06. The number of amides is 1. The molecule has 2 aromatic carbocycles. The number of anilines is 1. The molecular weight excluding hydrogens is 330 g/mol. The molecule has 0 saturated carbocycles. The number of aromatic amines is 1. The van der Waals surface area contributed by atoms with Crippen molar-refractivity contribution >= 4 is 44.1 Å². The maximum atomic E-state index is 12.6. The average Bonchev–Trinajstić information content (AvgIpc) is 3.06. The summed E-state index contributed by atoms with van der Waals surface area (Å²) in [6.07, 6.45) is 0.356. The van der Waals surface area contributed by atoms with Gasteiger partial charge in [-0.25, -0.2) is 4.98 Å². The zero-order valence-corrected chi connectivity index (χ0v) is 15.3. The van der Waals surface area contributed by atoms with Gasteiger partial charge in [0.25, 0.3) is 0 Å². The molecule has 2 heterocycles. The van der Waals surface area contributed by atoms with Crippen molar-refractivity contribution in [1.82, 2.24) is 9.97 Å². The molecule has 0 aliphatic carbocycles. The molecule has 4 rings (SSSR count). The van der Waals surface area contributed by atoms with Gasteiger partial charge in [0.15, 0.2) is 0 Å². The number of nitrogens with one attached hydrogen (secondary N) is 2. The number of aromatic nitrogens is 2. The highest BCUT2D eigenvalue weighted by molar-refractivity contribution is 7.18. The van der Waals surface area contributed by atoms with Crippen molar-refractivity contribution in [2.24, 2.45) is 0 Å². The highest BCUT2D eigenvalue weighted by atomic mass is 32.1. The van der Waals surface area contributed by atoms with E-state index in [1.165, 1.54) is 5.56 Å². The molecule has 5 heteroatoms. The number of fused-ring (bicyclic) bond motifs is 2. The molecule has 0 aliphatic heterocycles. The fourth-order valence-electron chi connectivity index (χ4n) is 3.21. The van der Waals surface area contributed by atoms with E-state index in [1.54, 1.807) is 11.3 Å². The molecular formula is C20H19N3OS. The van der Waals surface area contributed by atoms with Gasteiger partial charge in [-0.15, -0.1) is 11.3 Å². The second kappa shape index (κ2) is 6.01. The summed E-state index contributed by atoms with van der Waals surface area (Å²) in [6, 6.07) is 12.1. The van der Waals surface area contributed by atoms with Gasteiger partial charge in [-0.2, -0.15) is 0 Å². The van der Waals surface area contributed by atoms with E-state index < -0.39 is 0 Å². The number of hydrogen-bond acceptors (Lipinski definition) is 3. The van der Waals surface area contributed by atoms with Crippen LogP contribution in [0, 0.1) is 20.8 Å². The highest BCUT2D eigenvalue weighted by Gasteiger charge is 2.13. The van der Waals surface area contributed by atoms with Crippen LogP contribution in [0.3, 0.4) is 0 Å². The quantitative estimate of drug-likeness (QED) is 0.553. The van der Waals surface area contributed by atoms with Crippen molar-refractivity contribution in [3.8, 4) is 0 Å². The van der Waals surface area contributed by atoms with Gasteiger partial charge in [-0.05, 0) is 56.7 Å². The maximum Gasteiger partial charge on any atom is 0.228 e. The van der Waals surface area contributed by atoms with Crippen molar-refractivity contribution in [2.75, 3.05) is 5.32 Å². The molecule has 0 atom stereocenters. The topological polar surface area (TPSA) is 57.8 Å². The first kappa shape index (κ1) is 15.8. The number of carbonyl (C=O) groups is 1. The van der Waals surface area contributed by atoms with E-state index in [0.29, 0.717) is 6.42 Å². The van der Waals surface area contributed by atoms with E-state index in [4.69, 9.17) is 0 Å². The van der Waals surface area contributed by atoms with Crippen LogP contribution in [0.4, 0.5) is 5.69 Å². The summed E-state index contributed by atoms with van der Waals surface area (Å²) in [4.78, 5) is 20.4. The number of thiazole rings is 1. The number of rotatable bonds is 3. The predicted molar refractivity (Wildman–Crippen MR) is 104 cm³/mol. The van der Waals surface area contributed by atoms with Crippen LogP contribution in [0.5, 0.6) is 0 Å². The molecule has 1 amide bonds. The Kier molecular flexibility index (Phi) is 3.81.